The van der Waals surface area contributed by atoms with E-state index in [9.17, 15) is 0 Å². The fourth-order valence-corrected chi connectivity index (χ4v) is 3.16. The van der Waals surface area contributed by atoms with E-state index in [2.05, 4.69) is 18.9 Å². The SMILES string of the molecule is C[C@H]1[CH-]OC(Oc2cccc(OCCC3CCCN3C)c2)C1.[Cs+]. The first-order valence-corrected chi connectivity index (χ1v) is 8.29. The van der Waals surface area contributed by atoms with Crippen LogP contribution in [-0.2, 0) is 4.74 Å². The average molecular weight is 437 g/mol. The van der Waals surface area contributed by atoms with Crippen LogP contribution in [-0.4, -0.2) is 37.4 Å². The van der Waals surface area contributed by atoms with Gasteiger partial charge in [0.25, 0.3) is 0 Å². The van der Waals surface area contributed by atoms with Gasteiger partial charge in [-0.2, -0.15) is 0 Å². The maximum atomic E-state index is 5.89. The first-order chi connectivity index (χ1) is 10.7. The van der Waals surface area contributed by atoms with Crippen LogP contribution in [0.1, 0.15) is 32.6 Å². The summed E-state index contributed by atoms with van der Waals surface area (Å²) in [7, 11) is 2.20. The molecule has 2 heterocycles. The van der Waals surface area contributed by atoms with Crippen LogP contribution in [0.25, 0.3) is 0 Å². The van der Waals surface area contributed by atoms with E-state index in [0.717, 1.165) is 30.9 Å². The van der Waals surface area contributed by atoms with Crippen LogP contribution in [0.2, 0.25) is 0 Å². The Labute approximate surface area is 198 Å². The van der Waals surface area contributed by atoms with Gasteiger partial charge in [-0.05, 0) is 51.4 Å². The van der Waals surface area contributed by atoms with Crippen molar-refractivity contribution in [2.45, 2.75) is 44.9 Å². The molecule has 2 fully saturated rings. The summed E-state index contributed by atoms with van der Waals surface area (Å²) in [5, 5.41) is 0. The Hall–Kier alpha value is 0.792. The van der Waals surface area contributed by atoms with Crippen molar-refractivity contribution in [3.8, 4) is 11.5 Å². The second-order valence-electron chi connectivity index (χ2n) is 6.42. The Morgan fingerprint density at radius 3 is 2.87 bits per heavy atom. The van der Waals surface area contributed by atoms with Crippen LogP contribution in [0.5, 0.6) is 11.5 Å². The summed E-state index contributed by atoms with van der Waals surface area (Å²) in [6.07, 6.45) is 4.41. The molecule has 5 heteroatoms. The molecule has 4 nitrogen and oxygen atoms in total. The van der Waals surface area contributed by atoms with Gasteiger partial charge < -0.3 is 19.1 Å². The van der Waals surface area contributed by atoms with Crippen molar-refractivity contribution in [2.75, 3.05) is 20.2 Å². The molecule has 2 aliphatic rings. The van der Waals surface area contributed by atoms with E-state index < -0.39 is 0 Å². The molecule has 3 rings (SSSR count). The Morgan fingerprint density at radius 2 is 2.17 bits per heavy atom. The largest absolute Gasteiger partial charge is 1.00 e. The molecule has 0 saturated carbocycles. The summed E-state index contributed by atoms with van der Waals surface area (Å²) < 4.78 is 17.2. The van der Waals surface area contributed by atoms with Gasteiger partial charge in [0, 0.05) is 12.1 Å². The molecule has 0 aromatic heterocycles. The zero-order valence-corrected chi connectivity index (χ0v) is 20.8. The first-order valence-electron chi connectivity index (χ1n) is 8.29. The molecular formula is C18H26CsNO3. The van der Waals surface area contributed by atoms with Gasteiger partial charge in [0.05, 0.1) is 6.61 Å². The molecule has 1 aromatic rings. The monoisotopic (exact) mass is 437 g/mol. The minimum atomic E-state index is -0.169. The first kappa shape index (κ1) is 20.1. The second-order valence-corrected chi connectivity index (χ2v) is 6.42. The van der Waals surface area contributed by atoms with E-state index >= 15 is 0 Å². The van der Waals surface area contributed by atoms with Crippen LogP contribution in [0.15, 0.2) is 24.3 Å². The summed E-state index contributed by atoms with van der Waals surface area (Å²) in [6, 6.07) is 8.52. The summed E-state index contributed by atoms with van der Waals surface area (Å²) in [6.45, 7) is 5.94. The Bertz CT molecular complexity index is 485. The smallest absolute Gasteiger partial charge is 0.520 e. The molecule has 3 atom stereocenters. The number of rotatable bonds is 6. The molecule has 0 spiro atoms. The van der Waals surface area contributed by atoms with E-state index in [4.69, 9.17) is 14.2 Å². The number of benzene rings is 1. The summed E-state index contributed by atoms with van der Waals surface area (Å²) >= 11 is 0. The quantitative estimate of drug-likeness (QED) is 0.606. The third kappa shape index (κ3) is 6.22. The summed E-state index contributed by atoms with van der Waals surface area (Å²) in [5.41, 5.74) is 0. The van der Waals surface area contributed by atoms with Crippen molar-refractivity contribution in [2.24, 2.45) is 5.92 Å². The molecule has 0 bridgehead atoms. The standard InChI is InChI=1S/C18H26NO3.Cs/c1-14-11-18(21-13-14)22-17-7-3-6-16(12-17)20-10-8-15-5-4-9-19(15)2;/h3,6-7,12-15,18H,4-5,8-11H2,1-2H3;/q-1;+1/t14-,15?,18?;/m1./s1. The fourth-order valence-electron chi connectivity index (χ4n) is 3.16. The van der Waals surface area contributed by atoms with Crippen LogP contribution < -0.4 is 78.4 Å². The van der Waals surface area contributed by atoms with Gasteiger partial charge in [-0.25, -0.2) is 6.61 Å². The van der Waals surface area contributed by atoms with Crippen molar-refractivity contribution in [1.82, 2.24) is 4.90 Å². The van der Waals surface area contributed by atoms with Crippen molar-refractivity contribution < 1.29 is 83.1 Å². The molecule has 2 unspecified atom stereocenters. The Kier molecular flexibility index (Phi) is 8.80. The molecule has 0 amide bonds. The van der Waals surface area contributed by atoms with E-state index in [1.54, 1.807) is 0 Å². The Balaban J connectivity index is 0.00000192. The number of likely N-dealkylation sites (tertiary alicyclic amines) is 1. The van der Waals surface area contributed by atoms with Crippen molar-refractivity contribution in [1.29, 1.82) is 0 Å². The van der Waals surface area contributed by atoms with E-state index in [-0.39, 0.29) is 75.2 Å². The van der Waals surface area contributed by atoms with E-state index in [0.29, 0.717) is 12.0 Å². The number of ether oxygens (including phenoxy) is 3. The molecule has 2 saturated heterocycles. The molecular weight excluding hydrogens is 411 g/mol. The minimum Gasteiger partial charge on any atom is -0.520 e. The van der Waals surface area contributed by atoms with Crippen molar-refractivity contribution >= 4 is 0 Å². The van der Waals surface area contributed by atoms with E-state index in [1.807, 2.05) is 30.9 Å². The molecule has 0 radical (unpaired) electrons. The zero-order valence-electron chi connectivity index (χ0n) is 14.5. The third-order valence-corrected chi connectivity index (χ3v) is 4.49. The molecule has 23 heavy (non-hydrogen) atoms. The summed E-state index contributed by atoms with van der Waals surface area (Å²) in [4.78, 5) is 2.43. The Morgan fingerprint density at radius 1 is 1.35 bits per heavy atom. The van der Waals surface area contributed by atoms with Crippen LogP contribution in [0, 0.1) is 12.5 Å². The fraction of sp³-hybridized carbons (Fsp3) is 0.611. The van der Waals surface area contributed by atoms with Gasteiger partial charge in [-0.3, -0.25) is 0 Å². The van der Waals surface area contributed by atoms with Crippen LogP contribution in [0.3, 0.4) is 0 Å². The molecule has 1 aromatic carbocycles. The van der Waals surface area contributed by atoms with Gasteiger partial charge in [-0.15, -0.1) is 5.92 Å². The third-order valence-electron chi connectivity index (χ3n) is 4.49. The van der Waals surface area contributed by atoms with Gasteiger partial charge in [0.1, 0.15) is 11.5 Å². The zero-order chi connectivity index (χ0) is 15.4. The van der Waals surface area contributed by atoms with Gasteiger partial charge in [-0.1, -0.05) is 13.0 Å². The number of hydrogen-bond donors (Lipinski definition) is 0. The topological polar surface area (TPSA) is 30.9 Å². The van der Waals surface area contributed by atoms with Gasteiger partial charge in [0.2, 0.25) is 0 Å². The minimum absolute atomic E-state index is 0. The number of nitrogens with zero attached hydrogens (tertiary/aromatic N) is 1. The van der Waals surface area contributed by atoms with Gasteiger partial charge in [0.15, 0.2) is 6.29 Å². The summed E-state index contributed by atoms with van der Waals surface area (Å²) in [5.74, 6) is 2.13. The van der Waals surface area contributed by atoms with Crippen LogP contribution >= 0.6 is 0 Å². The van der Waals surface area contributed by atoms with Crippen molar-refractivity contribution in [3.63, 3.8) is 0 Å². The molecule has 2 aliphatic heterocycles. The number of hydrogen-bond acceptors (Lipinski definition) is 4. The predicted molar refractivity (Wildman–Crippen MR) is 85.8 cm³/mol. The maximum Gasteiger partial charge on any atom is 1.00 e. The van der Waals surface area contributed by atoms with Crippen molar-refractivity contribution in [3.05, 3.63) is 30.9 Å². The van der Waals surface area contributed by atoms with E-state index in [1.165, 1.54) is 19.4 Å². The molecule has 0 aliphatic carbocycles. The normalized spacial score (nSPS) is 27.7. The molecule has 0 N–H and O–H groups in total. The maximum absolute atomic E-state index is 5.89. The van der Waals surface area contributed by atoms with Gasteiger partial charge >= 0.3 is 68.9 Å². The predicted octanol–water partition coefficient (Wildman–Crippen LogP) is 0.477. The average Bonchev–Trinajstić information content (AvgIpc) is 3.09. The van der Waals surface area contributed by atoms with Crippen LogP contribution in [0.4, 0.5) is 0 Å². The second kappa shape index (κ2) is 10.1. The molecule has 122 valence electrons.